The number of hydrogen-bond donors (Lipinski definition) is 1. The van der Waals surface area contributed by atoms with Crippen LogP contribution in [0.4, 0.5) is 0 Å². The predicted molar refractivity (Wildman–Crippen MR) is 112 cm³/mol. The van der Waals surface area contributed by atoms with Crippen molar-refractivity contribution in [1.82, 2.24) is 14.8 Å². The summed E-state index contributed by atoms with van der Waals surface area (Å²) >= 11 is 5.50. The second-order valence-electron chi connectivity index (χ2n) is 5.87. The summed E-state index contributed by atoms with van der Waals surface area (Å²) in [5.41, 5.74) is 1.46. The second-order valence-corrected chi connectivity index (χ2v) is 6.25. The fourth-order valence-electron chi connectivity index (χ4n) is 3.00. The van der Waals surface area contributed by atoms with Crippen molar-refractivity contribution in [2.75, 3.05) is 35.0 Å². The molecule has 3 rings (SSSR count). The van der Waals surface area contributed by atoms with Crippen molar-refractivity contribution in [3.8, 4) is 45.8 Å². The molecule has 1 heterocycles. The summed E-state index contributed by atoms with van der Waals surface area (Å²) in [6.07, 6.45) is 0. The lowest BCUT2D eigenvalue weighted by Crippen LogP contribution is -2.03. The first-order valence-electron chi connectivity index (χ1n) is 8.86. The number of nitrogens with zero attached hydrogens (tertiary/aromatic N) is 2. The normalized spacial score (nSPS) is 10.5. The molecular formula is C20H23N3O5S. The van der Waals surface area contributed by atoms with Gasteiger partial charge in [-0.1, -0.05) is 0 Å². The molecule has 0 aliphatic carbocycles. The molecular weight excluding hydrogens is 394 g/mol. The van der Waals surface area contributed by atoms with Crippen LogP contribution in [0.5, 0.6) is 28.7 Å². The van der Waals surface area contributed by atoms with E-state index in [1.807, 2.05) is 25.1 Å². The van der Waals surface area contributed by atoms with Crippen molar-refractivity contribution in [1.29, 1.82) is 0 Å². The average molecular weight is 417 g/mol. The van der Waals surface area contributed by atoms with Crippen LogP contribution in [-0.4, -0.2) is 49.8 Å². The van der Waals surface area contributed by atoms with Gasteiger partial charge in [0.1, 0.15) is 11.5 Å². The van der Waals surface area contributed by atoms with Gasteiger partial charge in [-0.15, -0.1) is 0 Å². The number of rotatable bonds is 8. The summed E-state index contributed by atoms with van der Waals surface area (Å²) in [5.74, 6) is 3.41. The quantitative estimate of drug-likeness (QED) is 0.554. The third-order valence-electron chi connectivity index (χ3n) is 4.31. The largest absolute Gasteiger partial charge is 0.497 e. The minimum absolute atomic E-state index is 0.410. The summed E-state index contributed by atoms with van der Waals surface area (Å²) < 4.78 is 29.7. The first-order chi connectivity index (χ1) is 14.1. The summed E-state index contributed by atoms with van der Waals surface area (Å²) in [6, 6.07) is 9.15. The number of nitrogens with one attached hydrogen (secondary N) is 1. The molecule has 8 nitrogen and oxygen atoms in total. The highest BCUT2D eigenvalue weighted by atomic mass is 32.1. The average Bonchev–Trinajstić information content (AvgIpc) is 3.13. The third-order valence-corrected chi connectivity index (χ3v) is 4.58. The van der Waals surface area contributed by atoms with E-state index in [9.17, 15) is 0 Å². The van der Waals surface area contributed by atoms with E-state index in [2.05, 4.69) is 10.2 Å². The second kappa shape index (κ2) is 8.87. The van der Waals surface area contributed by atoms with Gasteiger partial charge in [-0.25, -0.2) is 0 Å². The topological polar surface area (TPSA) is 79.8 Å². The Hall–Kier alpha value is -3.20. The van der Waals surface area contributed by atoms with Crippen LogP contribution in [0.1, 0.15) is 6.92 Å². The highest BCUT2D eigenvalue weighted by Crippen LogP contribution is 2.41. The van der Waals surface area contributed by atoms with Crippen molar-refractivity contribution < 1.29 is 23.7 Å². The predicted octanol–water partition coefficient (Wildman–Crippen LogP) is 4.03. The van der Waals surface area contributed by atoms with Gasteiger partial charge >= 0.3 is 0 Å². The highest BCUT2D eigenvalue weighted by Gasteiger charge is 2.20. The lowest BCUT2D eigenvalue weighted by atomic mass is 10.1. The van der Waals surface area contributed by atoms with E-state index in [4.69, 9.17) is 35.9 Å². The number of H-pyrrole nitrogens is 1. The Morgan fingerprint density at radius 1 is 0.931 bits per heavy atom. The van der Waals surface area contributed by atoms with E-state index in [0.717, 1.165) is 5.56 Å². The van der Waals surface area contributed by atoms with E-state index in [0.29, 0.717) is 51.6 Å². The maximum Gasteiger partial charge on any atom is 0.203 e. The number of benzene rings is 2. The lowest BCUT2D eigenvalue weighted by molar-refractivity contribution is 0.324. The van der Waals surface area contributed by atoms with Crippen LogP contribution in [0, 0.1) is 4.77 Å². The summed E-state index contributed by atoms with van der Waals surface area (Å²) in [7, 11) is 6.29. The molecule has 0 bridgehead atoms. The van der Waals surface area contributed by atoms with Crippen molar-refractivity contribution in [2.24, 2.45) is 0 Å². The molecule has 0 aliphatic heterocycles. The fraction of sp³-hybridized carbons (Fsp3) is 0.300. The van der Waals surface area contributed by atoms with Crippen LogP contribution in [0.2, 0.25) is 0 Å². The smallest absolute Gasteiger partial charge is 0.203 e. The Morgan fingerprint density at radius 3 is 2.17 bits per heavy atom. The zero-order valence-electron chi connectivity index (χ0n) is 16.9. The molecule has 0 fully saturated rings. The molecule has 0 radical (unpaired) electrons. The van der Waals surface area contributed by atoms with Crippen molar-refractivity contribution in [3.63, 3.8) is 0 Å². The molecule has 0 aliphatic rings. The monoisotopic (exact) mass is 417 g/mol. The fourth-order valence-corrected chi connectivity index (χ4v) is 3.24. The Balaban J connectivity index is 2.24. The molecule has 0 amide bonds. The van der Waals surface area contributed by atoms with Gasteiger partial charge in [-0.05, 0) is 31.3 Å². The molecule has 1 aromatic heterocycles. The zero-order valence-corrected chi connectivity index (χ0v) is 17.8. The van der Waals surface area contributed by atoms with Crippen LogP contribution in [-0.2, 0) is 0 Å². The van der Waals surface area contributed by atoms with Crippen LogP contribution in [0.3, 0.4) is 0 Å². The van der Waals surface area contributed by atoms with Gasteiger partial charge in [0.15, 0.2) is 22.1 Å². The van der Waals surface area contributed by atoms with E-state index in [1.165, 1.54) is 0 Å². The van der Waals surface area contributed by atoms with Gasteiger partial charge in [-0.3, -0.25) is 9.67 Å². The first kappa shape index (κ1) is 20.5. The van der Waals surface area contributed by atoms with Gasteiger partial charge in [0.25, 0.3) is 0 Å². The Morgan fingerprint density at radius 2 is 1.62 bits per heavy atom. The molecule has 0 saturated carbocycles. The molecule has 3 aromatic rings. The number of ether oxygens (including phenoxy) is 5. The molecule has 154 valence electrons. The number of aromatic nitrogens is 3. The summed E-state index contributed by atoms with van der Waals surface area (Å²) in [4.78, 5) is 0. The van der Waals surface area contributed by atoms with Crippen molar-refractivity contribution in [2.45, 2.75) is 6.92 Å². The lowest BCUT2D eigenvalue weighted by Gasteiger charge is -2.16. The van der Waals surface area contributed by atoms with Crippen LogP contribution >= 0.6 is 12.2 Å². The van der Waals surface area contributed by atoms with E-state index < -0.39 is 0 Å². The number of methoxy groups -OCH3 is 4. The summed E-state index contributed by atoms with van der Waals surface area (Å²) in [6.45, 7) is 2.41. The van der Waals surface area contributed by atoms with Crippen molar-refractivity contribution >= 4 is 12.2 Å². The van der Waals surface area contributed by atoms with Crippen molar-refractivity contribution in [3.05, 3.63) is 35.1 Å². The maximum atomic E-state index is 5.81. The van der Waals surface area contributed by atoms with Gasteiger partial charge in [0.05, 0.1) is 46.3 Å². The van der Waals surface area contributed by atoms with Gasteiger partial charge in [0, 0.05) is 18.2 Å². The molecule has 1 N–H and O–H groups in total. The first-order valence-corrected chi connectivity index (χ1v) is 9.27. The van der Waals surface area contributed by atoms with Crippen LogP contribution in [0.25, 0.3) is 17.1 Å². The molecule has 0 saturated heterocycles. The molecule has 9 heteroatoms. The van der Waals surface area contributed by atoms with E-state index in [1.54, 1.807) is 45.1 Å². The van der Waals surface area contributed by atoms with E-state index >= 15 is 0 Å². The SMILES string of the molecule is CCOc1cc(OC)ccc1-c1n[nH]c(=S)n1-c1cc(OC)c(OC)c(OC)c1. The van der Waals surface area contributed by atoms with Gasteiger partial charge in [0.2, 0.25) is 5.75 Å². The minimum atomic E-state index is 0.410. The Bertz CT molecular complexity index is 1040. The third kappa shape index (κ3) is 3.86. The number of aromatic amines is 1. The molecule has 0 atom stereocenters. The minimum Gasteiger partial charge on any atom is -0.497 e. The van der Waals surface area contributed by atoms with Gasteiger partial charge < -0.3 is 23.7 Å². The van der Waals surface area contributed by atoms with E-state index in [-0.39, 0.29) is 0 Å². The maximum absolute atomic E-state index is 5.81. The molecule has 0 unspecified atom stereocenters. The number of hydrogen-bond acceptors (Lipinski definition) is 7. The Kier molecular flexibility index (Phi) is 6.28. The van der Waals surface area contributed by atoms with Crippen LogP contribution < -0.4 is 23.7 Å². The standard InChI is InChI=1S/C20H23N3O5S/c1-6-28-15-11-13(24-2)7-8-14(15)19-21-22-20(29)23(19)12-9-16(25-3)18(27-5)17(10-12)26-4/h7-11H,6H2,1-5H3,(H,22,29). The highest BCUT2D eigenvalue weighted by molar-refractivity contribution is 7.71. The molecule has 2 aromatic carbocycles. The Labute approximate surface area is 173 Å². The molecule has 29 heavy (non-hydrogen) atoms. The zero-order chi connectivity index (χ0) is 21.0. The van der Waals surface area contributed by atoms with Crippen LogP contribution in [0.15, 0.2) is 30.3 Å². The summed E-state index contributed by atoms with van der Waals surface area (Å²) in [5, 5.41) is 7.28. The van der Waals surface area contributed by atoms with Gasteiger partial charge in [-0.2, -0.15) is 5.10 Å². The molecule has 0 spiro atoms.